The number of benzene rings is 1. The number of amides is 2. The second-order valence-electron chi connectivity index (χ2n) is 6.59. The van der Waals surface area contributed by atoms with E-state index in [0.717, 1.165) is 12.8 Å². The molecule has 0 radical (unpaired) electrons. The molecule has 0 aliphatic heterocycles. The van der Waals surface area contributed by atoms with Gasteiger partial charge in [0.2, 0.25) is 0 Å². The summed E-state index contributed by atoms with van der Waals surface area (Å²) in [5.74, 6) is -1.10. The van der Waals surface area contributed by atoms with Crippen LogP contribution in [0.4, 0.5) is 5.69 Å². The minimum Gasteiger partial charge on any atom is -0.464 e. The molecule has 3 rings (SSSR count). The summed E-state index contributed by atoms with van der Waals surface area (Å²) in [6, 6.07) is 8.10. The Morgan fingerprint density at radius 3 is 2.57 bits per heavy atom. The van der Waals surface area contributed by atoms with Crippen LogP contribution in [0.25, 0.3) is 0 Å². The number of anilines is 1. The van der Waals surface area contributed by atoms with Crippen LogP contribution in [-0.2, 0) is 9.53 Å². The molecule has 28 heavy (non-hydrogen) atoms. The standard InChI is InChI=1S/C20H21ClN2O4S/c1-2-27-19(26)20(9-3-4-10-20)23-17(24)13-7-8-14(21)15(12-13)22-18(25)16-6-5-11-28-16/h5-8,11-12H,2-4,9-10H2,1H3,(H,22,25)(H,23,24). The van der Waals surface area contributed by atoms with Crippen molar-refractivity contribution in [2.75, 3.05) is 11.9 Å². The van der Waals surface area contributed by atoms with Gasteiger partial charge in [-0.15, -0.1) is 11.3 Å². The normalized spacial score (nSPS) is 15.1. The van der Waals surface area contributed by atoms with Gasteiger partial charge < -0.3 is 15.4 Å². The predicted molar refractivity (Wildman–Crippen MR) is 109 cm³/mol. The molecule has 0 saturated heterocycles. The zero-order chi connectivity index (χ0) is 20.1. The lowest BCUT2D eigenvalue weighted by Gasteiger charge is -2.27. The Morgan fingerprint density at radius 2 is 1.93 bits per heavy atom. The molecule has 6 nitrogen and oxygen atoms in total. The predicted octanol–water partition coefficient (Wildman–Crippen LogP) is 4.26. The summed E-state index contributed by atoms with van der Waals surface area (Å²) in [5, 5.41) is 7.70. The Kier molecular flexibility index (Phi) is 6.36. The second-order valence-corrected chi connectivity index (χ2v) is 7.94. The summed E-state index contributed by atoms with van der Waals surface area (Å²) in [4.78, 5) is 38.1. The highest BCUT2D eigenvalue weighted by molar-refractivity contribution is 7.12. The Labute approximate surface area is 172 Å². The minimum atomic E-state index is -0.993. The van der Waals surface area contributed by atoms with E-state index in [4.69, 9.17) is 16.3 Å². The first-order chi connectivity index (χ1) is 13.4. The molecule has 0 unspecified atom stereocenters. The highest BCUT2D eigenvalue weighted by Crippen LogP contribution is 2.32. The number of esters is 1. The zero-order valence-corrected chi connectivity index (χ0v) is 17.0. The number of thiophene rings is 1. The highest BCUT2D eigenvalue weighted by atomic mass is 35.5. The molecule has 1 aliphatic carbocycles. The summed E-state index contributed by atoms with van der Waals surface area (Å²) in [6.45, 7) is 2.00. The molecule has 0 bridgehead atoms. The summed E-state index contributed by atoms with van der Waals surface area (Å²) < 4.78 is 5.17. The van der Waals surface area contributed by atoms with Crippen LogP contribution >= 0.6 is 22.9 Å². The number of rotatable bonds is 6. The molecule has 1 fully saturated rings. The fraction of sp³-hybridized carbons (Fsp3) is 0.350. The first-order valence-corrected chi connectivity index (χ1v) is 10.3. The summed E-state index contributed by atoms with van der Waals surface area (Å²) >= 11 is 7.49. The molecule has 2 N–H and O–H groups in total. The monoisotopic (exact) mass is 420 g/mol. The van der Waals surface area contributed by atoms with Crippen molar-refractivity contribution >= 4 is 46.4 Å². The van der Waals surface area contributed by atoms with Crippen molar-refractivity contribution in [3.8, 4) is 0 Å². The lowest BCUT2D eigenvalue weighted by Crippen LogP contribution is -2.53. The van der Waals surface area contributed by atoms with Crippen LogP contribution < -0.4 is 10.6 Å². The largest absolute Gasteiger partial charge is 0.464 e. The quantitative estimate of drug-likeness (QED) is 0.684. The topological polar surface area (TPSA) is 84.5 Å². The first kappa shape index (κ1) is 20.4. The fourth-order valence-corrected chi connectivity index (χ4v) is 4.06. The maximum atomic E-state index is 12.8. The van der Waals surface area contributed by atoms with E-state index in [1.807, 2.05) is 0 Å². The van der Waals surface area contributed by atoms with Gasteiger partial charge in [0.05, 0.1) is 22.2 Å². The van der Waals surface area contributed by atoms with Crippen LogP contribution in [0.3, 0.4) is 0 Å². The molecule has 2 amide bonds. The van der Waals surface area contributed by atoms with Crippen LogP contribution in [0.2, 0.25) is 5.02 Å². The third-order valence-corrected chi connectivity index (χ3v) is 5.90. The molecular formula is C20H21ClN2O4S. The molecule has 0 spiro atoms. The van der Waals surface area contributed by atoms with Gasteiger partial charge in [0.15, 0.2) is 0 Å². The van der Waals surface area contributed by atoms with Gasteiger partial charge >= 0.3 is 5.97 Å². The molecule has 148 valence electrons. The van der Waals surface area contributed by atoms with E-state index < -0.39 is 17.4 Å². The molecule has 1 saturated carbocycles. The van der Waals surface area contributed by atoms with Crippen molar-refractivity contribution < 1.29 is 19.1 Å². The van der Waals surface area contributed by atoms with Gasteiger partial charge in [-0.1, -0.05) is 30.5 Å². The molecule has 1 heterocycles. The van der Waals surface area contributed by atoms with Crippen LogP contribution in [-0.4, -0.2) is 29.9 Å². The van der Waals surface area contributed by atoms with Gasteiger partial charge in [-0.05, 0) is 49.4 Å². The van der Waals surface area contributed by atoms with Crippen molar-refractivity contribution in [3.63, 3.8) is 0 Å². The number of hydrogen-bond donors (Lipinski definition) is 2. The van der Waals surface area contributed by atoms with Crippen molar-refractivity contribution in [3.05, 3.63) is 51.2 Å². The average Bonchev–Trinajstić information content (AvgIpc) is 3.36. The van der Waals surface area contributed by atoms with Gasteiger partial charge in [-0.25, -0.2) is 4.79 Å². The van der Waals surface area contributed by atoms with Crippen molar-refractivity contribution in [2.45, 2.75) is 38.1 Å². The van der Waals surface area contributed by atoms with E-state index in [9.17, 15) is 14.4 Å². The number of carbonyl (C=O) groups is 3. The number of carbonyl (C=O) groups excluding carboxylic acids is 3. The maximum Gasteiger partial charge on any atom is 0.331 e. The Bertz CT molecular complexity index is 876. The Hall–Kier alpha value is -2.38. The van der Waals surface area contributed by atoms with E-state index in [0.29, 0.717) is 34.0 Å². The van der Waals surface area contributed by atoms with Crippen molar-refractivity contribution in [2.24, 2.45) is 0 Å². The molecular weight excluding hydrogens is 400 g/mol. The first-order valence-electron chi connectivity index (χ1n) is 9.09. The molecule has 2 aromatic rings. The highest BCUT2D eigenvalue weighted by Gasteiger charge is 2.44. The lowest BCUT2D eigenvalue weighted by molar-refractivity contribution is -0.150. The van der Waals surface area contributed by atoms with E-state index in [2.05, 4.69) is 10.6 Å². The van der Waals surface area contributed by atoms with Crippen LogP contribution in [0, 0.1) is 0 Å². The number of hydrogen-bond acceptors (Lipinski definition) is 5. The van der Waals surface area contributed by atoms with Crippen LogP contribution in [0.1, 0.15) is 52.6 Å². The number of ether oxygens (including phenoxy) is 1. The Morgan fingerprint density at radius 1 is 1.18 bits per heavy atom. The third kappa shape index (κ3) is 4.36. The number of nitrogens with one attached hydrogen (secondary N) is 2. The summed E-state index contributed by atoms with van der Waals surface area (Å²) in [6.07, 6.45) is 2.80. The minimum absolute atomic E-state index is 0.260. The summed E-state index contributed by atoms with van der Waals surface area (Å²) in [5.41, 5.74) is -0.349. The van der Waals surface area contributed by atoms with Gasteiger partial charge in [0, 0.05) is 5.56 Å². The third-order valence-electron chi connectivity index (χ3n) is 4.70. The molecule has 8 heteroatoms. The average molecular weight is 421 g/mol. The van der Waals surface area contributed by atoms with Crippen LogP contribution in [0.15, 0.2) is 35.7 Å². The molecule has 0 atom stereocenters. The van der Waals surface area contributed by atoms with Gasteiger partial charge in [0.25, 0.3) is 11.8 Å². The molecule has 1 aliphatic rings. The molecule has 1 aromatic carbocycles. The van der Waals surface area contributed by atoms with Gasteiger partial charge in [-0.2, -0.15) is 0 Å². The maximum absolute atomic E-state index is 12.8. The van der Waals surface area contributed by atoms with E-state index >= 15 is 0 Å². The van der Waals surface area contributed by atoms with E-state index in [-0.39, 0.29) is 12.5 Å². The molecule has 1 aromatic heterocycles. The van der Waals surface area contributed by atoms with Crippen molar-refractivity contribution in [1.82, 2.24) is 5.32 Å². The second kappa shape index (κ2) is 8.75. The number of halogens is 1. The summed E-state index contributed by atoms with van der Waals surface area (Å²) in [7, 11) is 0. The zero-order valence-electron chi connectivity index (χ0n) is 15.4. The van der Waals surface area contributed by atoms with Gasteiger partial charge in [0.1, 0.15) is 5.54 Å². The van der Waals surface area contributed by atoms with Crippen molar-refractivity contribution in [1.29, 1.82) is 0 Å². The Balaban J connectivity index is 1.78. The SMILES string of the molecule is CCOC(=O)C1(NC(=O)c2ccc(Cl)c(NC(=O)c3cccs3)c2)CCCC1. The van der Waals surface area contributed by atoms with Crippen LogP contribution in [0.5, 0.6) is 0 Å². The van der Waals surface area contributed by atoms with E-state index in [1.54, 1.807) is 36.6 Å². The smallest absolute Gasteiger partial charge is 0.331 e. The lowest BCUT2D eigenvalue weighted by atomic mass is 9.97. The fourth-order valence-electron chi connectivity index (χ4n) is 3.27. The van der Waals surface area contributed by atoms with Gasteiger partial charge in [-0.3, -0.25) is 9.59 Å². The van der Waals surface area contributed by atoms with E-state index in [1.165, 1.54) is 17.4 Å².